The van der Waals surface area contributed by atoms with E-state index in [1.54, 1.807) is 13.0 Å². The minimum atomic E-state index is -0.138. The molecule has 0 aliphatic rings. The van der Waals surface area contributed by atoms with E-state index < -0.39 is 0 Å². The summed E-state index contributed by atoms with van der Waals surface area (Å²) in [5.74, 6) is -0.0553. The molecule has 4 nitrogen and oxygen atoms in total. The average Bonchev–Trinajstić information content (AvgIpc) is 2.35. The number of hydrogen-bond donors (Lipinski definition) is 1. The van der Waals surface area contributed by atoms with Crippen LogP contribution >= 0.6 is 0 Å². The molecule has 4 heteroatoms. The predicted molar refractivity (Wildman–Crippen MR) is 75.4 cm³/mol. The highest BCUT2D eigenvalue weighted by molar-refractivity contribution is 5.92. The van der Waals surface area contributed by atoms with Crippen molar-refractivity contribution in [3.8, 4) is 0 Å². The molecule has 18 heavy (non-hydrogen) atoms. The largest absolute Gasteiger partial charge is 0.356 e. The van der Waals surface area contributed by atoms with Crippen LogP contribution in [0.2, 0.25) is 0 Å². The van der Waals surface area contributed by atoms with Crippen LogP contribution in [0.15, 0.2) is 12.2 Å². The maximum atomic E-state index is 11.2. The van der Waals surface area contributed by atoms with Crippen LogP contribution < -0.4 is 5.32 Å². The van der Waals surface area contributed by atoms with Gasteiger partial charge in [0.05, 0.1) is 0 Å². The fourth-order valence-electron chi connectivity index (χ4n) is 1.16. The van der Waals surface area contributed by atoms with Crippen LogP contribution in [0, 0.1) is 0 Å². The molecule has 0 aromatic carbocycles. The van der Waals surface area contributed by atoms with Gasteiger partial charge in [0, 0.05) is 27.2 Å². The molecule has 0 spiro atoms. The molecular formula is C14H27NO3. The van der Waals surface area contributed by atoms with Gasteiger partial charge in [-0.15, -0.1) is 0 Å². The van der Waals surface area contributed by atoms with Crippen molar-refractivity contribution in [3.63, 3.8) is 0 Å². The maximum Gasteiger partial charge on any atom is 0.220 e. The second-order valence-electron chi connectivity index (χ2n) is 3.62. The minimum Gasteiger partial charge on any atom is -0.356 e. The predicted octanol–water partition coefficient (Wildman–Crippen LogP) is 2.67. The van der Waals surface area contributed by atoms with E-state index in [0.29, 0.717) is 19.4 Å². The van der Waals surface area contributed by atoms with Crippen molar-refractivity contribution in [2.24, 2.45) is 0 Å². The van der Waals surface area contributed by atoms with Crippen LogP contribution in [-0.4, -0.2) is 24.0 Å². The fraction of sp³-hybridized carbons (Fsp3) is 0.643. The number of carbonyl (C=O) groups is 3. The van der Waals surface area contributed by atoms with Gasteiger partial charge in [0.25, 0.3) is 0 Å². The first kappa shape index (κ1) is 18.9. The first-order valence-corrected chi connectivity index (χ1v) is 6.48. The molecule has 1 amide bonds. The smallest absolute Gasteiger partial charge is 0.220 e. The van der Waals surface area contributed by atoms with Gasteiger partial charge in [0.1, 0.15) is 5.78 Å². The number of Topliss-reactive ketones (excluding diaryl/α,β-unsaturated/α-hetero) is 1. The summed E-state index contributed by atoms with van der Waals surface area (Å²) in [6.45, 7) is 7.79. The molecule has 0 aliphatic heterocycles. The van der Waals surface area contributed by atoms with E-state index >= 15 is 0 Å². The molecule has 0 unspecified atom stereocenters. The molecule has 0 aliphatic carbocycles. The van der Waals surface area contributed by atoms with Gasteiger partial charge >= 0.3 is 0 Å². The molecule has 0 saturated heterocycles. The zero-order valence-electron chi connectivity index (χ0n) is 11.9. The van der Waals surface area contributed by atoms with Crippen molar-refractivity contribution in [1.82, 2.24) is 5.32 Å². The van der Waals surface area contributed by atoms with Gasteiger partial charge in [-0.25, -0.2) is 0 Å². The highest BCUT2D eigenvalue weighted by Crippen LogP contribution is 1.94. The number of ketones is 2. The first-order valence-electron chi connectivity index (χ1n) is 6.48. The van der Waals surface area contributed by atoms with Gasteiger partial charge in [-0.05, 0) is 26.3 Å². The molecule has 0 fully saturated rings. The van der Waals surface area contributed by atoms with Crippen molar-refractivity contribution in [2.45, 2.75) is 53.4 Å². The third-order valence-corrected chi connectivity index (χ3v) is 1.98. The summed E-state index contributed by atoms with van der Waals surface area (Å²) in [6, 6.07) is 0. The van der Waals surface area contributed by atoms with Crippen LogP contribution in [0.4, 0.5) is 0 Å². The second-order valence-corrected chi connectivity index (χ2v) is 3.62. The SMILES string of the molecule is C/C=C/C(=O)CCC(=O)NCCCC(C)=O.CC.[HH]. The van der Waals surface area contributed by atoms with Gasteiger partial charge in [0.2, 0.25) is 5.91 Å². The molecule has 0 atom stereocenters. The van der Waals surface area contributed by atoms with Crippen LogP contribution in [0.1, 0.15) is 54.8 Å². The molecule has 1 N–H and O–H groups in total. The molecule has 0 bridgehead atoms. The van der Waals surface area contributed by atoms with E-state index in [1.165, 1.54) is 13.0 Å². The van der Waals surface area contributed by atoms with E-state index in [-0.39, 0.29) is 31.7 Å². The number of rotatable bonds is 8. The molecule has 0 saturated carbocycles. The van der Waals surface area contributed by atoms with Gasteiger partial charge in [-0.3, -0.25) is 9.59 Å². The van der Waals surface area contributed by atoms with Crippen molar-refractivity contribution in [3.05, 3.63) is 12.2 Å². The fourth-order valence-corrected chi connectivity index (χ4v) is 1.16. The van der Waals surface area contributed by atoms with Crippen LogP contribution in [-0.2, 0) is 14.4 Å². The van der Waals surface area contributed by atoms with Crippen molar-refractivity contribution in [1.29, 1.82) is 0 Å². The number of amides is 1. The summed E-state index contributed by atoms with van der Waals surface area (Å²) in [4.78, 5) is 32.9. The highest BCUT2D eigenvalue weighted by atomic mass is 16.2. The summed E-state index contributed by atoms with van der Waals surface area (Å²) in [5, 5.41) is 2.67. The molecule has 0 aromatic rings. The molecular weight excluding hydrogens is 230 g/mol. The lowest BCUT2D eigenvalue weighted by molar-refractivity contribution is -0.124. The van der Waals surface area contributed by atoms with Crippen LogP contribution in [0.25, 0.3) is 0 Å². The van der Waals surface area contributed by atoms with E-state index in [4.69, 9.17) is 0 Å². The van der Waals surface area contributed by atoms with E-state index in [1.807, 2.05) is 13.8 Å². The Kier molecular flexibility index (Phi) is 14.3. The summed E-state index contributed by atoms with van der Waals surface area (Å²) < 4.78 is 0. The lowest BCUT2D eigenvalue weighted by Gasteiger charge is -2.02. The third kappa shape index (κ3) is 14.6. The molecule has 0 aromatic heterocycles. The Balaban J connectivity index is -0.000000809. The molecule has 106 valence electrons. The highest BCUT2D eigenvalue weighted by Gasteiger charge is 2.03. The van der Waals surface area contributed by atoms with Gasteiger partial charge < -0.3 is 10.1 Å². The Labute approximate surface area is 111 Å². The third-order valence-electron chi connectivity index (χ3n) is 1.98. The minimum absolute atomic E-state index is 0. The van der Waals surface area contributed by atoms with E-state index in [9.17, 15) is 14.4 Å². The van der Waals surface area contributed by atoms with E-state index in [2.05, 4.69) is 5.32 Å². The monoisotopic (exact) mass is 257 g/mol. The van der Waals surface area contributed by atoms with Gasteiger partial charge in [-0.2, -0.15) is 0 Å². The normalized spacial score (nSPS) is 9.56. The maximum absolute atomic E-state index is 11.2. The average molecular weight is 257 g/mol. The van der Waals surface area contributed by atoms with Crippen molar-refractivity contribution in [2.75, 3.05) is 6.54 Å². The zero-order valence-corrected chi connectivity index (χ0v) is 11.9. The second kappa shape index (κ2) is 13.6. The Morgan fingerprint density at radius 1 is 1.11 bits per heavy atom. The number of nitrogens with one attached hydrogen (secondary N) is 1. The van der Waals surface area contributed by atoms with Gasteiger partial charge in [-0.1, -0.05) is 19.9 Å². The Hall–Kier alpha value is -1.45. The number of hydrogen-bond acceptors (Lipinski definition) is 3. The Bertz CT molecular complexity index is 288. The summed E-state index contributed by atoms with van der Waals surface area (Å²) in [7, 11) is 0. The standard InChI is InChI=1S/C12H19NO3.C2H6.H2/c1-3-5-11(15)7-8-12(16)13-9-4-6-10(2)14;1-2;/h3,5H,4,6-9H2,1-2H3,(H,13,16);1-2H3;1H/b5-3+;;. The Morgan fingerprint density at radius 3 is 2.22 bits per heavy atom. The van der Waals surface area contributed by atoms with Crippen LogP contribution in [0.5, 0.6) is 0 Å². The molecule has 0 rings (SSSR count). The van der Waals surface area contributed by atoms with Crippen molar-refractivity contribution < 1.29 is 15.8 Å². The summed E-state index contributed by atoms with van der Waals surface area (Å²) in [5.41, 5.74) is 0. The Morgan fingerprint density at radius 2 is 1.72 bits per heavy atom. The number of carbonyl (C=O) groups excluding carboxylic acids is 3. The lowest BCUT2D eigenvalue weighted by atomic mass is 10.2. The van der Waals surface area contributed by atoms with Crippen molar-refractivity contribution >= 4 is 17.5 Å². The lowest BCUT2D eigenvalue weighted by Crippen LogP contribution is -2.25. The quantitative estimate of drug-likeness (QED) is 0.537. The number of allylic oxidation sites excluding steroid dienone is 2. The van der Waals surface area contributed by atoms with Gasteiger partial charge in [0.15, 0.2) is 5.78 Å². The summed E-state index contributed by atoms with van der Waals surface area (Å²) >= 11 is 0. The topological polar surface area (TPSA) is 63.2 Å². The van der Waals surface area contributed by atoms with Crippen LogP contribution in [0.3, 0.4) is 0 Å². The first-order chi connectivity index (χ1) is 8.56. The molecule has 0 heterocycles. The zero-order chi connectivity index (χ0) is 14.4. The molecule has 0 radical (unpaired) electrons. The van der Waals surface area contributed by atoms with E-state index in [0.717, 1.165) is 0 Å². The summed E-state index contributed by atoms with van der Waals surface area (Å²) in [6.07, 6.45) is 4.71.